The molecule has 0 saturated heterocycles. The van der Waals surface area contributed by atoms with Crippen LogP contribution in [0.2, 0.25) is 0 Å². The summed E-state index contributed by atoms with van der Waals surface area (Å²) in [6.45, 7) is 5.91. The number of thiazole rings is 1. The zero-order valence-electron chi connectivity index (χ0n) is 13.2. The zero-order valence-corrected chi connectivity index (χ0v) is 14.1. The number of rotatable bonds is 2. The summed E-state index contributed by atoms with van der Waals surface area (Å²) in [4.78, 5) is 34.3. The summed E-state index contributed by atoms with van der Waals surface area (Å²) in [7, 11) is 1.58. The van der Waals surface area contributed by atoms with Crippen LogP contribution in [0.1, 0.15) is 36.3 Å². The third-order valence-corrected chi connectivity index (χ3v) is 3.94. The van der Waals surface area contributed by atoms with Crippen LogP contribution in [0.15, 0.2) is 15.5 Å². The van der Waals surface area contributed by atoms with E-state index in [-0.39, 0.29) is 24.1 Å². The lowest BCUT2D eigenvalue weighted by atomic mass is 10.1. The zero-order chi connectivity index (χ0) is 16.8. The first kappa shape index (κ1) is 15.4. The molecule has 0 aliphatic carbocycles. The lowest BCUT2D eigenvalue weighted by Crippen LogP contribution is -2.53. The Morgan fingerprint density at radius 1 is 1.43 bits per heavy atom. The fraction of sp³-hybridized carbons (Fsp3) is 0.462. The fourth-order valence-electron chi connectivity index (χ4n) is 2.07. The Balaban J connectivity index is 1.82. The minimum atomic E-state index is -0.336. The Kier molecular flexibility index (Phi) is 3.55. The number of carbonyl (C=O) groups excluding carboxylic acids is 2. The molecule has 0 spiro atoms. The molecule has 3 rings (SSSR count). The number of nitrogens with one attached hydrogen (secondary N) is 2. The summed E-state index contributed by atoms with van der Waals surface area (Å²) in [5, 5.41) is 10.5. The van der Waals surface area contributed by atoms with E-state index in [1.165, 1.54) is 21.2 Å². The number of hydrogen-bond acceptors (Lipinski definition) is 7. The first-order valence-electron chi connectivity index (χ1n) is 6.98. The number of hydrogen-bond donors (Lipinski definition) is 2. The number of urea groups is 1. The van der Waals surface area contributed by atoms with Crippen molar-refractivity contribution in [2.75, 3.05) is 13.7 Å². The van der Waals surface area contributed by atoms with E-state index < -0.39 is 0 Å². The van der Waals surface area contributed by atoms with E-state index >= 15 is 0 Å². The second-order valence-electron chi connectivity index (χ2n) is 6.20. The molecular formula is C13H17N7O2S. The number of nitrogens with zero attached hydrogens (tertiary/aromatic N) is 5. The highest BCUT2D eigenvalue weighted by molar-refractivity contribution is 7.13. The normalized spacial score (nSPS) is 17.5. The maximum absolute atomic E-state index is 12.1. The summed E-state index contributed by atoms with van der Waals surface area (Å²) in [5.41, 5.74) is 3.11. The second kappa shape index (κ2) is 5.30. The van der Waals surface area contributed by atoms with Gasteiger partial charge in [-0.15, -0.1) is 16.4 Å². The first-order chi connectivity index (χ1) is 10.8. The smallest absolute Gasteiger partial charge is 0.346 e. The number of hydrazine groups is 1. The molecule has 2 aliphatic heterocycles. The van der Waals surface area contributed by atoms with Crippen molar-refractivity contribution < 1.29 is 9.59 Å². The maximum atomic E-state index is 12.1. The van der Waals surface area contributed by atoms with Gasteiger partial charge in [-0.3, -0.25) is 14.7 Å². The molecule has 0 atom stereocenters. The predicted molar refractivity (Wildman–Crippen MR) is 86.3 cm³/mol. The maximum Gasteiger partial charge on any atom is 0.346 e. The average molecular weight is 335 g/mol. The molecule has 0 saturated carbocycles. The molecule has 0 radical (unpaired) electrons. The van der Waals surface area contributed by atoms with Crippen LogP contribution in [0.4, 0.5) is 4.79 Å². The molecule has 1 aromatic heterocycles. The minimum absolute atomic E-state index is 0.197. The molecule has 0 bridgehead atoms. The topological polar surface area (TPSA) is 102 Å². The van der Waals surface area contributed by atoms with Gasteiger partial charge >= 0.3 is 6.03 Å². The molecule has 10 heteroatoms. The second-order valence-corrected chi connectivity index (χ2v) is 7.05. The van der Waals surface area contributed by atoms with Crippen LogP contribution in [-0.2, 0) is 0 Å². The van der Waals surface area contributed by atoms with Gasteiger partial charge in [0.25, 0.3) is 5.91 Å². The highest BCUT2D eigenvalue weighted by atomic mass is 32.1. The number of aromatic nitrogens is 1. The molecule has 23 heavy (non-hydrogen) atoms. The molecule has 2 aliphatic rings. The highest BCUT2D eigenvalue weighted by Crippen LogP contribution is 2.19. The Morgan fingerprint density at radius 3 is 2.87 bits per heavy atom. The third kappa shape index (κ3) is 2.89. The van der Waals surface area contributed by atoms with E-state index in [2.05, 4.69) is 25.9 Å². The quantitative estimate of drug-likeness (QED) is 0.827. The van der Waals surface area contributed by atoms with Crippen LogP contribution in [0, 0.1) is 0 Å². The Labute approximate surface area is 137 Å². The van der Waals surface area contributed by atoms with Gasteiger partial charge in [0.2, 0.25) is 0 Å². The van der Waals surface area contributed by atoms with Gasteiger partial charge in [-0.2, -0.15) is 0 Å². The highest BCUT2D eigenvalue weighted by Gasteiger charge is 2.36. The van der Waals surface area contributed by atoms with Gasteiger partial charge in [-0.05, 0) is 20.8 Å². The molecule has 0 aromatic carbocycles. The molecule has 3 heterocycles. The minimum Gasteiger partial charge on any atom is -0.346 e. The van der Waals surface area contributed by atoms with E-state index in [0.717, 1.165) is 0 Å². The summed E-state index contributed by atoms with van der Waals surface area (Å²) in [6, 6.07) is -0.240. The number of aliphatic imine (C=N–C) groups is 1. The van der Waals surface area contributed by atoms with Crippen molar-refractivity contribution in [2.45, 2.75) is 26.3 Å². The van der Waals surface area contributed by atoms with Crippen molar-refractivity contribution in [1.82, 2.24) is 25.7 Å². The van der Waals surface area contributed by atoms with Gasteiger partial charge in [0.15, 0.2) is 5.84 Å². The Morgan fingerprint density at radius 2 is 2.17 bits per heavy atom. The van der Waals surface area contributed by atoms with E-state index in [9.17, 15) is 9.59 Å². The Bertz CT molecular complexity index is 731. The lowest BCUT2D eigenvalue weighted by Gasteiger charge is -2.28. The molecule has 0 unspecified atom stereocenters. The molecule has 0 fully saturated rings. The van der Waals surface area contributed by atoms with Gasteiger partial charge in [0, 0.05) is 18.0 Å². The van der Waals surface area contributed by atoms with Gasteiger partial charge in [-0.1, -0.05) is 0 Å². The number of amidine groups is 1. The fourth-order valence-corrected chi connectivity index (χ4v) is 2.87. The number of carbonyl (C=O) groups is 2. The number of hydrazone groups is 1. The molecule has 9 nitrogen and oxygen atoms in total. The molecule has 122 valence electrons. The number of fused-ring (bicyclic) bond motifs is 1. The van der Waals surface area contributed by atoms with Crippen LogP contribution in [0.5, 0.6) is 0 Å². The van der Waals surface area contributed by atoms with Gasteiger partial charge in [-0.25, -0.2) is 20.3 Å². The van der Waals surface area contributed by atoms with Crippen molar-refractivity contribution in [3.05, 3.63) is 16.1 Å². The molecule has 1 aromatic rings. The monoisotopic (exact) mass is 335 g/mol. The van der Waals surface area contributed by atoms with Crippen LogP contribution in [0.25, 0.3) is 0 Å². The van der Waals surface area contributed by atoms with Gasteiger partial charge in [0.05, 0.1) is 0 Å². The van der Waals surface area contributed by atoms with Crippen molar-refractivity contribution in [1.29, 1.82) is 0 Å². The number of amides is 3. The molecule has 2 N–H and O–H groups in total. The van der Waals surface area contributed by atoms with Gasteiger partial charge < -0.3 is 5.32 Å². The Hall–Kier alpha value is -2.49. The predicted octanol–water partition coefficient (Wildman–Crippen LogP) is 0.617. The van der Waals surface area contributed by atoms with Crippen LogP contribution in [-0.4, -0.2) is 57.6 Å². The standard InChI is InChI=1S/C13H17N7O2S/c1-13(2,3)16-10(21)7-5-23-11(15-7)8-9-17-18-19(4)12(22)20(9)6-14-8/h5,18H,6H2,1-4H3,(H,16,21). The van der Waals surface area contributed by atoms with E-state index in [4.69, 9.17) is 0 Å². The van der Waals surface area contributed by atoms with E-state index in [0.29, 0.717) is 22.2 Å². The third-order valence-electron chi connectivity index (χ3n) is 3.09. The molecular weight excluding hydrogens is 318 g/mol. The summed E-state index contributed by atoms with van der Waals surface area (Å²) < 4.78 is 0. The van der Waals surface area contributed by atoms with Crippen molar-refractivity contribution in [2.24, 2.45) is 10.1 Å². The summed E-state index contributed by atoms with van der Waals surface area (Å²) >= 11 is 1.30. The SMILES string of the molecule is CN1NN=C2C(c3nc(C(=O)NC(C)(C)C)cs3)=NCN2C1=O. The van der Waals surface area contributed by atoms with Crippen molar-refractivity contribution in [3.8, 4) is 0 Å². The van der Waals surface area contributed by atoms with E-state index in [1.54, 1.807) is 12.4 Å². The summed E-state index contributed by atoms with van der Waals surface area (Å²) in [6.07, 6.45) is 0. The largest absolute Gasteiger partial charge is 0.346 e. The summed E-state index contributed by atoms with van der Waals surface area (Å²) in [5.74, 6) is 0.181. The van der Waals surface area contributed by atoms with Crippen LogP contribution < -0.4 is 10.9 Å². The van der Waals surface area contributed by atoms with E-state index in [1.807, 2.05) is 20.8 Å². The molecule has 3 amide bonds. The lowest BCUT2D eigenvalue weighted by molar-refractivity contribution is 0.0915. The average Bonchev–Trinajstić information content (AvgIpc) is 3.07. The first-order valence-corrected chi connectivity index (χ1v) is 7.86. The van der Waals surface area contributed by atoms with Crippen molar-refractivity contribution in [3.63, 3.8) is 0 Å². The van der Waals surface area contributed by atoms with Crippen LogP contribution in [0.3, 0.4) is 0 Å². The van der Waals surface area contributed by atoms with Gasteiger partial charge in [0.1, 0.15) is 23.1 Å². The van der Waals surface area contributed by atoms with Crippen molar-refractivity contribution >= 4 is 34.8 Å². The van der Waals surface area contributed by atoms with Crippen LogP contribution >= 0.6 is 11.3 Å².